The van der Waals surface area contributed by atoms with Gasteiger partial charge in [0.05, 0.1) is 6.54 Å². The average Bonchev–Trinajstić information content (AvgIpc) is 2.19. The molecule has 0 saturated carbocycles. The highest BCUT2D eigenvalue weighted by Gasteiger charge is 2.32. The van der Waals surface area contributed by atoms with E-state index in [-0.39, 0.29) is 24.4 Å². The van der Waals surface area contributed by atoms with Crippen LogP contribution in [-0.2, 0) is 9.59 Å². The molecular formula is C12H23N3O2. The van der Waals surface area contributed by atoms with Crippen molar-refractivity contribution in [2.24, 2.45) is 5.92 Å². The second-order valence-corrected chi connectivity index (χ2v) is 5.31. The first-order valence-corrected chi connectivity index (χ1v) is 6.13. The van der Waals surface area contributed by atoms with Crippen LogP contribution in [0.5, 0.6) is 0 Å². The number of rotatable bonds is 5. The molecule has 0 spiro atoms. The predicted octanol–water partition coefficient (Wildman–Crippen LogP) is -0.0789. The summed E-state index contributed by atoms with van der Waals surface area (Å²) in [5.41, 5.74) is 0. The Morgan fingerprint density at radius 2 is 2.06 bits per heavy atom. The number of carbonyl (C=O) groups excluding carboxylic acids is 2. The minimum atomic E-state index is -0.335. The van der Waals surface area contributed by atoms with Gasteiger partial charge < -0.3 is 15.1 Å². The number of piperazine rings is 1. The Balaban J connectivity index is 2.58. The molecule has 1 fully saturated rings. The van der Waals surface area contributed by atoms with Crippen molar-refractivity contribution < 1.29 is 9.59 Å². The molecule has 0 bridgehead atoms. The largest absolute Gasteiger partial charge is 0.343 e. The maximum absolute atomic E-state index is 12.1. The summed E-state index contributed by atoms with van der Waals surface area (Å²) in [5, 5.41) is 2.77. The number of hydrogen-bond donors (Lipinski definition) is 1. The van der Waals surface area contributed by atoms with Gasteiger partial charge in [0.15, 0.2) is 0 Å². The average molecular weight is 241 g/mol. The molecule has 1 atom stereocenters. The molecule has 2 amide bonds. The third-order valence-corrected chi connectivity index (χ3v) is 2.80. The second-order valence-electron chi connectivity index (χ2n) is 5.31. The molecule has 98 valence electrons. The van der Waals surface area contributed by atoms with E-state index in [1.165, 1.54) is 0 Å². The zero-order valence-corrected chi connectivity index (χ0v) is 11.2. The van der Waals surface area contributed by atoms with Crippen LogP contribution in [0.1, 0.15) is 20.3 Å². The van der Waals surface area contributed by atoms with Crippen LogP contribution in [0.3, 0.4) is 0 Å². The third kappa shape index (κ3) is 4.34. The first kappa shape index (κ1) is 14.0. The fraction of sp³-hybridized carbons (Fsp3) is 0.833. The summed E-state index contributed by atoms with van der Waals surface area (Å²) in [6.45, 7) is 5.71. The molecule has 0 unspecified atom stereocenters. The van der Waals surface area contributed by atoms with Gasteiger partial charge >= 0.3 is 0 Å². The number of likely N-dealkylation sites (N-methyl/N-ethyl adjacent to an activating group) is 1. The van der Waals surface area contributed by atoms with E-state index in [1.54, 1.807) is 4.90 Å². The highest BCUT2D eigenvalue weighted by atomic mass is 16.2. The van der Waals surface area contributed by atoms with Crippen molar-refractivity contribution in [1.82, 2.24) is 15.1 Å². The highest BCUT2D eigenvalue weighted by Crippen LogP contribution is 2.11. The maximum atomic E-state index is 12.1. The van der Waals surface area contributed by atoms with Gasteiger partial charge in [0.25, 0.3) is 0 Å². The molecule has 1 N–H and O–H groups in total. The van der Waals surface area contributed by atoms with Crippen LogP contribution in [-0.4, -0.2) is 61.4 Å². The molecule has 0 radical (unpaired) electrons. The van der Waals surface area contributed by atoms with Crippen molar-refractivity contribution in [2.75, 3.05) is 33.7 Å². The summed E-state index contributed by atoms with van der Waals surface area (Å²) in [5.74, 6) is 0.409. The quantitative estimate of drug-likeness (QED) is 0.732. The van der Waals surface area contributed by atoms with Gasteiger partial charge in [-0.15, -0.1) is 0 Å². The minimum Gasteiger partial charge on any atom is -0.343 e. The number of amides is 2. The highest BCUT2D eigenvalue weighted by molar-refractivity contribution is 5.94. The lowest BCUT2D eigenvalue weighted by Crippen LogP contribution is -2.59. The fourth-order valence-corrected chi connectivity index (χ4v) is 1.91. The molecule has 0 aromatic rings. The van der Waals surface area contributed by atoms with E-state index in [9.17, 15) is 9.59 Å². The summed E-state index contributed by atoms with van der Waals surface area (Å²) < 4.78 is 0. The van der Waals surface area contributed by atoms with Crippen LogP contribution in [0.2, 0.25) is 0 Å². The Labute approximate surface area is 103 Å². The molecule has 1 heterocycles. The van der Waals surface area contributed by atoms with Gasteiger partial charge in [-0.1, -0.05) is 13.8 Å². The summed E-state index contributed by atoms with van der Waals surface area (Å²) in [7, 11) is 3.92. The van der Waals surface area contributed by atoms with E-state index in [1.807, 2.05) is 19.0 Å². The van der Waals surface area contributed by atoms with Crippen LogP contribution in [0.15, 0.2) is 0 Å². The van der Waals surface area contributed by atoms with E-state index in [4.69, 9.17) is 0 Å². The number of hydrogen-bond acceptors (Lipinski definition) is 3. The monoisotopic (exact) mass is 241 g/mol. The van der Waals surface area contributed by atoms with Gasteiger partial charge in [-0.2, -0.15) is 0 Å². The smallest absolute Gasteiger partial charge is 0.245 e. The Kier molecular flexibility index (Phi) is 4.93. The summed E-state index contributed by atoms with van der Waals surface area (Å²) in [6.07, 6.45) is 0.711. The molecule has 1 rings (SSSR count). The zero-order chi connectivity index (χ0) is 13.0. The van der Waals surface area contributed by atoms with Crippen molar-refractivity contribution in [3.05, 3.63) is 0 Å². The molecular weight excluding hydrogens is 218 g/mol. The Morgan fingerprint density at radius 1 is 1.41 bits per heavy atom. The van der Waals surface area contributed by atoms with E-state index in [2.05, 4.69) is 19.2 Å². The van der Waals surface area contributed by atoms with E-state index >= 15 is 0 Å². The zero-order valence-electron chi connectivity index (χ0n) is 11.2. The lowest BCUT2D eigenvalue weighted by Gasteiger charge is -2.33. The molecule has 0 aliphatic carbocycles. The molecule has 0 aromatic carbocycles. The summed E-state index contributed by atoms with van der Waals surface area (Å²) >= 11 is 0. The van der Waals surface area contributed by atoms with Crippen LogP contribution < -0.4 is 5.32 Å². The van der Waals surface area contributed by atoms with E-state index in [0.29, 0.717) is 18.9 Å². The van der Waals surface area contributed by atoms with Crippen molar-refractivity contribution in [1.29, 1.82) is 0 Å². The number of nitrogens with zero attached hydrogens (tertiary/aromatic N) is 2. The van der Waals surface area contributed by atoms with Gasteiger partial charge in [-0.05, 0) is 26.4 Å². The molecule has 5 nitrogen and oxygen atoms in total. The Hall–Kier alpha value is -1.10. The van der Waals surface area contributed by atoms with Crippen molar-refractivity contribution in [3.63, 3.8) is 0 Å². The molecule has 17 heavy (non-hydrogen) atoms. The normalized spacial score (nSPS) is 21.3. The minimum absolute atomic E-state index is 0.0472. The van der Waals surface area contributed by atoms with Crippen molar-refractivity contribution in [3.8, 4) is 0 Å². The second kappa shape index (κ2) is 6.00. The van der Waals surface area contributed by atoms with Crippen molar-refractivity contribution >= 4 is 11.8 Å². The first-order valence-electron chi connectivity index (χ1n) is 6.13. The van der Waals surface area contributed by atoms with Crippen LogP contribution in [0, 0.1) is 5.92 Å². The van der Waals surface area contributed by atoms with Crippen LogP contribution in [0.4, 0.5) is 0 Å². The van der Waals surface area contributed by atoms with Gasteiger partial charge in [-0.3, -0.25) is 9.59 Å². The lowest BCUT2D eigenvalue weighted by atomic mass is 10.0. The SMILES string of the molecule is CC(C)C[C@@H]1NC(=O)CN(CCN(C)C)C1=O. The maximum Gasteiger partial charge on any atom is 0.245 e. The van der Waals surface area contributed by atoms with Crippen LogP contribution >= 0.6 is 0 Å². The lowest BCUT2D eigenvalue weighted by molar-refractivity contribution is -0.144. The van der Waals surface area contributed by atoms with E-state index in [0.717, 1.165) is 6.54 Å². The molecule has 5 heteroatoms. The van der Waals surface area contributed by atoms with Gasteiger partial charge in [-0.25, -0.2) is 0 Å². The molecule has 0 aromatic heterocycles. The van der Waals surface area contributed by atoms with Gasteiger partial charge in [0.2, 0.25) is 11.8 Å². The van der Waals surface area contributed by atoms with E-state index < -0.39 is 0 Å². The van der Waals surface area contributed by atoms with Gasteiger partial charge in [0, 0.05) is 13.1 Å². The third-order valence-electron chi connectivity index (χ3n) is 2.80. The molecule has 1 aliphatic rings. The Morgan fingerprint density at radius 3 is 2.59 bits per heavy atom. The van der Waals surface area contributed by atoms with Gasteiger partial charge in [0.1, 0.15) is 6.04 Å². The first-order chi connectivity index (χ1) is 7.90. The Bertz CT molecular complexity index is 289. The molecule has 1 aliphatic heterocycles. The van der Waals surface area contributed by atoms with Crippen molar-refractivity contribution in [2.45, 2.75) is 26.3 Å². The number of nitrogens with one attached hydrogen (secondary N) is 1. The van der Waals surface area contributed by atoms with Crippen LogP contribution in [0.25, 0.3) is 0 Å². The summed E-state index contributed by atoms with van der Waals surface area (Å²) in [6, 6.07) is -0.335. The number of carbonyl (C=O) groups is 2. The standard InChI is InChI=1S/C12H23N3O2/c1-9(2)7-10-12(17)15(6-5-14(3)4)8-11(16)13-10/h9-10H,5-8H2,1-4H3,(H,13,16)/t10-/m0/s1. The molecule has 1 saturated heterocycles. The summed E-state index contributed by atoms with van der Waals surface area (Å²) in [4.78, 5) is 27.3. The predicted molar refractivity (Wildman–Crippen MR) is 66.5 cm³/mol. The topological polar surface area (TPSA) is 52.7 Å². The fourth-order valence-electron chi connectivity index (χ4n) is 1.91.